The first-order valence-corrected chi connectivity index (χ1v) is 15.1. The highest BCUT2D eigenvalue weighted by molar-refractivity contribution is 5.95. The lowest BCUT2D eigenvalue weighted by Gasteiger charge is -2.31. The van der Waals surface area contributed by atoms with Gasteiger partial charge in [0, 0.05) is 24.3 Å². The fourth-order valence-corrected chi connectivity index (χ4v) is 5.24. The smallest absolute Gasteiger partial charge is 0.310 e. The molecule has 1 aliphatic heterocycles. The molecule has 234 valence electrons. The fourth-order valence-electron chi connectivity index (χ4n) is 5.24. The van der Waals surface area contributed by atoms with E-state index in [1.54, 1.807) is 67.5 Å². The van der Waals surface area contributed by atoms with E-state index in [1.807, 2.05) is 24.3 Å². The summed E-state index contributed by atoms with van der Waals surface area (Å²) in [6.07, 6.45) is 2.95. The average Bonchev–Trinajstić information content (AvgIpc) is 3.07. The van der Waals surface area contributed by atoms with Crippen molar-refractivity contribution in [2.75, 3.05) is 32.1 Å². The van der Waals surface area contributed by atoms with Crippen molar-refractivity contribution >= 4 is 23.3 Å². The van der Waals surface area contributed by atoms with Crippen molar-refractivity contribution in [2.45, 2.75) is 39.5 Å². The van der Waals surface area contributed by atoms with Gasteiger partial charge >= 0.3 is 5.97 Å². The minimum absolute atomic E-state index is 0.157. The Kier molecular flexibility index (Phi) is 9.82. The monoisotopic (exact) mass is 610 g/mol. The molecule has 1 saturated heterocycles. The summed E-state index contributed by atoms with van der Waals surface area (Å²) in [5.41, 5.74) is 2.49. The molecule has 10 heteroatoms. The Bertz CT molecular complexity index is 1700. The summed E-state index contributed by atoms with van der Waals surface area (Å²) in [5.74, 6) is 1.06. The SMILES string of the molecule is CCOC(=O)C1CCCN(C(=O)c2ccc(Nc3c(Oc4cccc(C(C)C)c4)cnn(-c4ccc(OC)cc4)c3=O)cc2)C1. The number of ether oxygens (including phenoxy) is 3. The number of methoxy groups -OCH3 is 1. The van der Waals surface area contributed by atoms with Gasteiger partial charge in [-0.25, -0.2) is 0 Å². The first kappa shape index (κ1) is 31.3. The highest BCUT2D eigenvalue weighted by Gasteiger charge is 2.30. The quantitative estimate of drug-likeness (QED) is 0.208. The van der Waals surface area contributed by atoms with Gasteiger partial charge in [0.05, 0.1) is 31.5 Å². The molecule has 3 aromatic carbocycles. The van der Waals surface area contributed by atoms with Gasteiger partial charge in [0.25, 0.3) is 11.5 Å². The Hall–Kier alpha value is -5.12. The third kappa shape index (κ3) is 7.34. The zero-order valence-electron chi connectivity index (χ0n) is 26.0. The minimum Gasteiger partial charge on any atom is -0.497 e. The van der Waals surface area contributed by atoms with Crippen LogP contribution in [-0.4, -0.2) is 53.4 Å². The van der Waals surface area contributed by atoms with Crippen LogP contribution in [0.15, 0.2) is 83.8 Å². The predicted octanol–water partition coefficient (Wildman–Crippen LogP) is 6.32. The molecule has 1 N–H and O–H groups in total. The molecule has 1 unspecified atom stereocenters. The lowest BCUT2D eigenvalue weighted by Crippen LogP contribution is -2.42. The van der Waals surface area contributed by atoms with Crippen LogP contribution in [0.5, 0.6) is 17.2 Å². The van der Waals surface area contributed by atoms with Crippen molar-refractivity contribution in [1.29, 1.82) is 0 Å². The number of amides is 1. The molecule has 0 radical (unpaired) electrons. The Labute approximate surface area is 262 Å². The van der Waals surface area contributed by atoms with Gasteiger partial charge in [-0.1, -0.05) is 26.0 Å². The summed E-state index contributed by atoms with van der Waals surface area (Å²) in [7, 11) is 1.58. The summed E-state index contributed by atoms with van der Waals surface area (Å²) in [5, 5.41) is 7.60. The molecule has 1 aliphatic rings. The maximum atomic E-state index is 13.9. The van der Waals surface area contributed by atoms with Crippen molar-refractivity contribution in [3.8, 4) is 22.9 Å². The van der Waals surface area contributed by atoms with Crippen LogP contribution in [0, 0.1) is 5.92 Å². The summed E-state index contributed by atoms with van der Waals surface area (Å²) in [6.45, 7) is 7.20. The van der Waals surface area contributed by atoms with Crippen LogP contribution in [-0.2, 0) is 9.53 Å². The molecule has 0 spiro atoms. The zero-order valence-corrected chi connectivity index (χ0v) is 26.0. The summed E-state index contributed by atoms with van der Waals surface area (Å²) in [6, 6.07) is 21.6. The summed E-state index contributed by atoms with van der Waals surface area (Å²) < 4.78 is 17.9. The second-order valence-corrected chi connectivity index (χ2v) is 11.2. The molecule has 10 nitrogen and oxygen atoms in total. The maximum absolute atomic E-state index is 13.9. The van der Waals surface area contributed by atoms with Gasteiger partial charge in [-0.15, -0.1) is 0 Å². The molecule has 45 heavy (non-hydrogen) atoms. The highest BCUT2D eigenvalue weighted by Crippen LogP contribution is 2.31. The molecule has 1 fully saturated rings. The number of nitrogens with one attached hydrogen (secondary N) is 1. The van der Waals surface area contributed by atoms with Crippen LogP contribution in [0.3, 0.4) is 0 Å². The third-order valence-electron chi connectivity index (χ3n) is 7.74. The number of hydrogen-bond acceptors (Lipinski definition) is 8. The van der Waals surface area contributed by atoms with E-state index in [9.17, 15) is 14.4 Å². The van der Waals surface area contributed by atoms with E-state index >= 15 is 0 Å². The van der Waals surface area contributed by atoms with Gasteiger partial charge in [0.2, 0.25) is 0 Å². The van der Waals surface area contributed by atoms with Crippen LogP contribution in [0.2, 0.25) is 0 Å². The van der Waals surface area contributed by atoms with Crippen LogP contribution in [0.25, 0.3) is 5.69 Å². The van der Waals surface area contributed by atoms with Gasteiger partial charge in [-0.2, -0.15) is 9.78 Å². The van der Waals surface area contributed by atoms with Gasteiger partial charge in [-0.3, -0.25) is 14.4 Å². The minimum atomic E-state index is -0.420. The van der Waals surface area contributed by atoms with Gasteiger partial charge in [0.1, 0.15) is 11.5 Å². The largest absolute Gasteiger partial charge is 0.497 e. The molecular weight excluding hydrogens is 572 g/mol. The number of likely N-dealkylation sites (tertiary alicyclic amines) is 1. The highest BCUT2D eigenvalue weighted by atomic mass is 16.5. The predicted molar refractivity (Wildman–Crippen MR) is 172 cm³/mol. The van der Waals surface area contributed by atoms with E-state index in [0.717, 1.165) is 12.0 Å². The molecule has 0 saturated carbocycles. The molecule has 1 aromatic heterocycles. The number of hydrogen-bond donors (Lipinski definition) is 1. The van der Waals surface area contributed by atoms with Gasteiger partial charge in [-0.05, 0) is 91.9 Å². The number of esters is 1. The molecule has 4 aromatic rings. The van der Waals surface area contributed by atoms with Crippen molar-refractivity contribution in [3.05, 3.63) is 100 Å². The first-order valence-electron chi connectivity index (χ1n) is 15.1. The van der Waals surface area contributed by atoms with E-state index in [2.05, 4.69) is 24.3 Å². The average molecular weight is 611 g/mol. The fraction of sp³-hybridized carbons (Fsp3) is 0.314. The molecule has 5 rings (SSSR count). The Morgan fingerprint density at radius 2 is 1.78 bits per heavy atom. The first-order chi connectivity index (χ1) is 21.8. The zero-order chi connectivity index (χ0) is 31.9. The molecule has 0 bridgehead atoms. The lowest BCUT2D eigenvalue weighted by molar-refractivity contribution is -0.149. The molecular formula is C35H38N4O6. The van der Waals surface area contributed by atoms with Gasteiger partial charge in [0.15, 0.2) is 11.4 Å². The number of benzene rings is 3. The number of rotatable bonds is 10. The van der Waals surface area contributed by atoms with E-state index in [1.165, 1.54) is 10.9 Å². The molecule has 2 heterocycles. The molecule has 1 atom stereocenters. The number of carbonyl (C=O) groups is 2. The van der Waals surface area contributed by atoms with E-state index in [0.29, 0.717) is 60.5 Å². The van der Waals surface area contributed by atoms with Crippen molar-refractivity contribution in [2.24, 2.45) is 5.92 Å². The van der Waals surface area contributed by atoms with Crippen molar-refractivity contribution in [1.82, 2.24) is 14.7 Å². The number of carbonyl (C=O) groups excluding carboxylic acids is 2. The topological polar surface area (TPSA) is 112 Å². The Morgan fingerprint density at radius 1 is 1.02 bits per heavy atom. The number of anilines is 2. The number of piperidine rings is 1. The Balaban J connectivity index is 1.42. The van der Waals surface area contributed by atoms with Crippen LogP contribution in [0.4, 0.5) is 11.4 Å². The standard InChI is InChI=1S/C35H38N4O6/c1-5-44-35(42)26-9-7-19-38(22-26)33(40)24-11-13-27(14-12-24)37-32-31(45-30-10-6-8-25(20-30)23(2)3)21-36-39(34(32)41)28-15-17-29(43-4)18-16-28/h6,8,10-18,20-21,23,26,37H,5,7,9,19,22H2,1-4H3. The summed E-state index contributed by atoms with van der Waals surface area (Å²) in [4.78, 5) is 41.1. The maximum Gasteiger partial charge on any atom is 0.310 e. The third-order valence-corrected chi connectivity index (χ3v) is 7.74. The van der Waals surface area contributed by atoms with E-state index < -0.39 is 5.56 Å². The van der Waals surface area contributed by atoms with Crippen LogP contribution in [0.1, 0.15) is 55.5 Å². The van der Waals surface area contributed by atoms with Crippen LogP contribution >= 0.6 is 0 Å². The van der Waals surface area contributed by atoms with Gasteiger partial charge < -0.3 is 24.4 Å². The Morgan fingerprint density at radius 3 is 2.47 bits per heavy atom. The molecule has 1 amide bonds. The van der Waals surface area contributed by atoms with Crippen molar-refractivity contribution in [3.63, 3.8) is 0 Å². The molecule has 0 aliphatic carbocycles. The number of nitrogens with zero attached hydrogens (tertiary/aromatic N) is 3. The van der Waals surface area contributed by atoms with E-state index in [-0.39, 0.29) is 29.2 Å². The number of aromatic nitrogens is 2. The second kappa shape index (κ2) is 14.1. The second-order valence-electron chi connectivity index (χ2n) is 11.2. The van der Waals surface area contributed by atoms with E-state index in [4.69, 9.17) is 14.2 Å². The van der Waals surface area contributed by atoms with Crippen LogP contribution < -0.4 is 20.3 Å². The summed E-state index contributed by atoms with van der Waals surface area (Å²) >= 11 is 0. The van der Waals surface area contributed by atoms with Crippen molar-refractivity contribution < 1.29 is 23.8 Å². The lowest BCUT2D eigenvalue weighted by atomic mass is 9.97. The normalized spacial score (nSPS) is 14.6.